The molecule has 0 saturated heterocycles. The highest BCUT2D eigenvalue weighted by Gasteiger charge is 2.01. The van der Waals surface area contributed by atoms with Gasteiger partial charge in [0.05, 0.1) is 6.10 Å². The molecule has 0 bridgehead atoms. The molecule has 24 heavy (non-hydrogen) atoms. The average molecular weight is 450 g/mol. The summed E-state index contributed by atoms with van der Waals surface area (Å²) in [5.74, 6) is 1.45. The fourth-order valence-corrected chi connectivity index (χ4v) is 1.91. The van der Waals surface area contributed by atoms with Gasteiger partial charge in [-0.3, -0.25) is 4.99 Å². The minimum Gasteiger partial charge on any atom is -0.475 e. The van der Waals surface area contributed by atoms with Gasteiger partial charge in [0.2, 0.25) is 5.88 Å². The van der Waals surface area contributed by atoms with E-state index in [0.717, 1.165) is 44.1 Å². The third-order valence-corrected chi connectivity index (χ3v) is 3.05. The third-order valence-electron chi connectivity index (χ3n) is 3.05. The smallest absolute Gasteiger partial charge is 0.213 e. The Labute approximate surface area is 162 Å². The van der Waals surface area contributed by atoms with Gasteiger partial charge >= 0.3 is 0 Å². The molecular formula is C17H31IN4O2. The summed E-state index contributed by atoms with van der Waals surface area (Å²) < 4.78 is 10.8. The Morgan fingerprint density at radius 1 is 1.25 bits per heavy atom. The van der Waals surface area contributed by atoms with Crippen LogP contribution in [0.3, 0.4) is 0 Å². The van der Waals surface area contributed by atoms with Crippen LogP contribution in [-0.2, 0) is 11.3 Å². The Kier molecular flexibility index (Phi) is 13.6. The van der Waals surface area contributed by atoms with Crippen molar-refractivity contribution in [2.45, 2.75) is 46.3 Å². The van der Waals surface area contributed by atoms with Gasteiger partial charge in [-0.1, -0.05) is 6.07 Å². The molecule has 138 valence electrons. The van der Waals surface area contributed by atoms with E-state index >= 15 is 0 Å². The van der Waals surface area contributed by atoms with Gasteiger partial charge in [0, 0.05) is 45.6 Å². The molecule has 7 heteroatoms. The lowest BCUT2D eigenvalue weighted by atomic mass is 10.3. The second-order valence-corrected chi connectivity index (χ2v) is 5.43. The van der Waals surface area contributed by atoms with Crippen molar-refractivity contribution in [3.8, 4) is 5.88 Å². The van der Waals surface area contributed by atoms with E-state index < -0.39 is 0 Å². The number of rotatable bonds is 10. The number of aliphatic imine (C=N–C) groups is 1. The molecule has 0 atom stereocenters. The fraction of sp³-hybridized carbons (Fsp3) is 0.647. The molecule has 6 nitrogen and oxygen atoms in total. The Balaban J connectivity index is 0.00000529. The molecule has 0 aromatic carbocycles. The number of unbranched alkanes of at least 4 members (excludes halogenated alkanes) is 1. The zero-order chi connectivity index (χ0) is 16.9. The van der Waals surface area contributed by atoms with Crippen molar-refractivity contribution in [3.05, 3.63) is 23.9 Å². The number of nitrogens with zero attached hydrogens (tertiary/aromatic N) is 2. The summed E-state index contributed by atoms with van der Waals surface area (Å²) in [6.07, 6.45) is 4.07. The van der Waals surface area contributed by atoms with Gasteiger partial charge in [-0.15, -0.1) is 24.0 Å². The maximum atomic E-state index is 5.53. The maximum Gasteiger partial charge on any atom is 0.213 e. The van der Waals surface area contributed by atoms with E-state index in [4.69, 9.17) is 9.47 Å². The lowest BCUT2D eigenvalue weighted by molar-refractivity contribution is 0.143. The SMILES string of the molecule is CCOCCCCNC(=NC)NCc1ccc(OC(C)C)nc1.I. The first-order valence-electron chi connectivity index (χ1n) is 8.29. The lowest BCUT2D eigenvalue weighted by Gasteiger charge is -2.12. The molecule has 0 unspecified atom stereocenters. The first-order valence-corrected chi connectivity index (χ1v) is 8.29. The summed E-state index contributed by atoms with van der Waals surface area (Å²) >= 11 is 0. The van der Waals surface area contributed by atoms with Crippen LogP contribution in [0, 0.1) is 0 Å². The van der Waals surface area contributed by atoms with Gasteiger partial charge in [-0.05, 0) is 39.2 Å². The van der Waals surface area contributed by atoms with Gasteiger partial charge in [-0.25, -0.2) is 4.98 Å². The Morgan fingerprint density at radius 2 is 2.04 bits per heavy atom. The van der Waals surface area contributed by atoms with Gasteiger partial charge in [0.1, 0.15) is 0 Å². The second kappa shape index (κ2) is 14.3. The summed E-state index contributed by atoms with van der Waals surface area (Å²) in [5.41, 5.74) is 1.08. The zero-order valence-corrected chi connectivity index (χ0v) is 17.5. The normalized spacial score (nSPS) is 11.1. The van der Waals surface area contributed by atoms with Crippen LogP contribution in [0.4, 0.5) is 0 Å². The van der Waals surface area contributed by atoms with Crippen LogP contribution in [0.15, 0.2) is 23.3 Å². The Morgan fingerprint density at radius 3 is 2.62 bits per heavy atom. The predicted octanol–water partition coefficient (Wildman–Crippen LogP) is 2.97. The number of hydrogen-bond donors (Lipinski definition) is 2. The van der Waals surface area contributed by atoms with Gasteiger partial charge in [0.15, 0.2) is 5.96 Å². The van der Waals surface area contributed by atoms with Crippen molar-refractivity contribution in [2.75, 3.05) is 26.8 Å². The summed E-state index contributed by atoms with van der Waals surface area (Å²) in [6.45, 7) is 9.15. The largest absolute Gasteiger partial charge is 0.475 e. The van der Waals surface area contributed by atoms with Crippen molar-refractivity contribution in [1.82, 2.24) is 15.6 Å². The van der Waals surface area contributed by atoms with Crippen molar-refractivity contribution in [1.29, 1.82) is 0 Å². The number of hydrogen-bond acceptors (Lipinski definition) is 4. The molecule has 0 amide bonds. The van der Waals surface area contributed by atoms with E-state index in [0.29, 0.717) is 12.4 Å². The van der Waals surface area contributed by atoms with Crippen molar-refractivity contribution >= 4 is 29.9 Å². The lowest BCUT2D eigenvalue weighted by Crippen LogP contribution is -2.37. The monoisotopic (exact) mass is 450 g/mol. The van der Waals surface area contributed by atoms with Crippen LogP contribution < -0.4 is 15.4 Å². The van der Waals surface area contributed by atoms with Gasteiger partial charge < -0.3 is 20.1 Å². The summed E-state index contributed by atoms with van der Waals surface area (Å²) in [5, 5.41) is 6.57. The average Bonchev–Trinajstić information content (AvgIpc) is 2.54. The molecule has 1 aromatic heterocycles. The highest BCUT2D eigenvalue weighted by Crippen LogP contribution is 2.09. The summed E-state index contributed by atoms with van der Waals surface area (Å²) in [6, 6.07) is 3.90. The molecule has 1 heterocycles. The molecule has 0 aliphatic rings. The molecule has 0 aliphatic heterocycles. The number of ether oxygens (including phenoxy) is 2. The molecule has 0 spiro atoms. The van der Waals surface area contributed by atoms with Gasteiger partial charge in [0.25, 0.3) is 0 Å². The van der Waals surface area contributed by atoms with E-state index in [1.54, 1.807) is 7.05 Å². The van der Waals surface area contributed by atoms with Crippen LogP contribution in [0.1, 0.15) is 39.2 Å². The minimum absolute atomic E-state index is 0. The van der Waals surface area contributed by atoms with E-state index in [2.05, 4.69) is 20.6 Å². The maximum absolute atomic E-state index is 5.53. The van der Waals surface area contributed by atoms with Crippen LogP contribution in [0.2, 0.25) is 0 Å². The molecule has 0 radical (unpaired) electrons. The zero-order valence-electron chi connectivity index (χ0n) is 15.2. The van der Waals surface area contributed by atoms with Crippen LogP contribution in [0.5, 0.6) is 5.88 Å². The van der Waals surface area contributed by atoms with Crippen LogP contribution in [0.25, 0.3) is 0 Å². The molecule has 1 aromatic rings. The summed E-state index contributed by atoms with van der Waals surface area (Å²) in [4.78, 5) is 8.50. The minimum atomic E-state index is 0. The van der Waals surface area contributed by atoms with Crippen LogP contribution >= 0.6 is 24.0 Å². The number of pyridine rings is 1. The number of halogens is 1. The number of nitrogens with one attached hydrogen (secondary N) is 2. The van der Waals surface area contributed by atoms with E-state index in [1.807, 2.05) is 39.1 Å². The first-order chi connectivity index (χ1) is 11.2. The highest BCUT2D eigenvalue weighted by molar-refractivity contribution is 14.0. The van der Waals surface area contributed by atoms with Crippen molar-refractivity contribution < 1.29 is 9.47 Å². The summed E-state index contributed by atoms with van der Waals surface area (Å²) in [7, 11) is 1.77. The predicted molar refractivity (Wildman–Crippen MR) is 109 cm³/mol. The molecule has 2 N–H and O–H groups in total. The van der Waals surface area contributed by atoms with Crippen molar-refractivity contribution in [2.24, 2.45) is 4.99 Å². The quantitative estimate of drug-likeness (QED) is 0.248. The first kappa shape index (κ1) is 22.9. The third kappa shape index (κ3) is 10.6. The van der Waals surface area contributed by atoms with Crippen molar-refractivity contribution in [3.63, 3.8) is 0 Å². The molecule has 0 saturated carbocycles. The standard InChI is InChI=1S/C17H30N4O2.HI/c1-5-22-11-7-6-10-19-17(18-4)21-13-15-8-9-16(20-12-15)23-14(2)3;/h8-9,12,14H,5-7,10-11,13H2,1-4H3,(H2,18,19,21);1H. The number of guanidine groups is 1. The topological polar surface area (TPSA) is 67.8 Å². The van der Waals surface area contributed by atoms with Crippen LogP contribution in [-0.4, -0.2) is 43.9 Å². The molecule has 1 rings (SSSR count). The molecule has 0 fully saturated rings. The van der Waals surface area contributed by atoms with E-state index in [1.165, 1.54) is 0 Å². The van der Waals surface area contributed by atoms with E-state index in [9.17, 15) is 0 Å². The number of aromatic nitrogens is 1. The van der Waals surface area contributed by atoms with E-state index in [-0.39, 0.29) is 30.1 Å². The second-order valence-electron chi connectivity index (χ2n) is 5.43. The van der Waals surface area contributed by atoms with Gasteiger partial charge in [-0.2, -0.15) is 0 Å². The Bertz CT molecular complexity index is 452. The molecule has 0 aliphatic carbocycles. The highest BCUT2D eigenvalue weighted by atomic mass is 127. The fourth-order valence-electron chi connectivity index (χ4n) is 1.91. The molecular weight excluding hydrogens is 419 g/mol. The Hall–Kier alpha value is -1.09.